The van der Waals surface area contributed by atoms with Crippen molar-refractivity contribution in [2.45, 2.75) is 0 Å². The molecule has 0 spiro atoms. The predicted octanol–water partition coefficient (Wildman–Crippen LogP) is 3.55. The van der Waals surface area contributed by atoms with E-state index in [1.807, 2.05) is 0 Å². The van der Waals surface area contributed by atoms with Crippen LogP contribution in [0.4, 0.5) is 5.69 Å². The van der Waals surface area contributed by atoms with E-state index < -0.39 is 4.92 Å². The van der Waals surface area contributed by atoms with E-state index in [1.54, 1.807) is 12.1 Å². The second-order valence-corrected chi connectivity index (χ2v) is 5.29. The van der Waals surface area contributed by atoms with Crippen molar-refractivity contribution in [1.29, 1.82) is 0 Å². The Balaban J connectivity index is 2.43. The summed E-state index contributed by atoms with van der Waals surface area (Å²) >= 11 is 6.89. The molecule has 19 heavy (non-hydrogen) atoms. The zero-order valence-corrected chi connectivity index (χ0v) is 11.3. The van der Waals surface area contributed by atoms with Crippen LogP contribution in [0.25, 0.3) is 0 Å². The van der Waals surface area contributed by atoms with E-state index in [1.165, 1.54) is 25.3 Å². The lowest BCUT2D eigenvalue weighted by molar-refractivity contribution is -0.385. The molecule has 0 unspecified atom stereocenters. The van der Waals surface area contributed by atoms with Crippen molar-refractivity contribution in [2.24, 2.45) is 0 Å². The maximum absolute atomic E-state index is 12.1. The normalized spacial score (nSPS) is 10.2. The van der Waals surface area contributed by atoms with Crippen LogP contribution in [-0.4, -0.2) is 17.8 Å². The maximum Gasteiger partial charge on any atom is 0.311 e. The van der Waals surface area contributed by atoms with Gasteiger partial charge in [-0.25, -0.2) is 0 Å². The van der Waals surface area contributed by atoms with E-state index in [-0.39, 0.29) is 22.8 Å². The monoisotopic (exact) mass is 297 g/mol. The van der Waals surface area contributed by atoms with Crippen molar-refractivity contribution in [3.8, 4) is 5.75 Å². The van der Waals surface area contributed by atoms with Crippen LogP contribution < -0.4 is 4.74 Å². The fraction of sp³-hybridized carbons (Fsp3) is 0.0833. The van der Waals surface area contributed by atoms with Crippen LogP contribution in [0.3, 0.4) is 0 Å². The number of ether oxygens (including phenoxy) is 1. The summed E-state index contributed by atoms with van der Waals surface area (Å²) in [5.41, 5.74) is -0.0120. The summed E-state index contributed by atoms with van der Waals surface area (Å²) in [6.45, 7) is 0. The predicted molar refractivity (Wildman–Crippen MR) is 72.4 cm³/mol. The van der Waals surface area contributed by atoms with E-state index in [4.69, 9.17) is 16.3 Å². The average molecular weight is 298 g/mol. The highest BCUT2D eigenvalue weighted by Gasteiger charge is 2.19. The first-order valence-corrected chi connectivity index (χ1v) is 6.35. The summed E-state index contributed by atoms with van der Waals surface area (Å²) in [5.74, 6) is -0.187. The Morgan fingerprint density at radius 2 is 2.11 bits per heavy atom. The molecule has 0 bridgehead atoms. The summed E-state index contributed by atoms with van der Waals surface area (Å²) in [5, 5.41) is 10.9. The molecule has 0 amide bonds. The third-order valence-corrected chi connectivity index (χ3v) is 3.66. The number of nitro groups is 1. The van der Waals surface area contributed by atoms with Gasteiger partial charge in [-0.1, -0.05) is 11.6 Å². The third-order valence-electron chi connectivity index (χ3n) is 2.43. The number of rotatable bonds is 4. The Morgan fingerprint density at radius 1 is 1.37 bits per heavy atom. The quantitative estimate of drug-likeness (QED) is 0.491. The van der Waals surface area contributed by atoms with E-state index in [0.717, 1.165) is 11.3 Å². The Labute approximate surface area is 117 Å². The molecular weight excluding hydrogens is 290 g/mol. The Kier molecular flexibility index (Phi) is 3.82. The molecule has 0 N–H and O–H groups in total. The highest BCUT2D eigenvalue weighted by molar-refractivity contribution is 7.18. The minimum Gasteiger partial charge on any atom is -0.490 e. The summed E-state index contributed by atoms with van der Waals surface area (Å²) in [4.78, 5) is 22.9. The molecule has 0 atom stereocenters. The van der Waals surface area contributed by atoms with Gasteiger partial charge in [-0.2, -0.15) is 0 Å². The smallest absolute Gasteiger partial charge is 0.311 e. The fourth-order valence-electron chi connectivity index (χ4n) is 1.55. The van der Waals surface area contributed by atoms with Crippen LogP contribution in [0.15, 0.2) is 30.3 Å². The van der Waals surface area contributed by atoms with Gasteiger partial charge in [-0.05, 0) is 24.3 Å². The number of nitrogens with zero attached hydrogens (tertiary/aromatic N) is 1. The maximum atomic E-state index is 12.1. The Morgan fingerprint density at radius 3 is 2.63 bits per heavy atom. The van der Waals surface area contributed by atoms with Crippen LogP contribution in [0.2, 0.25) is 4.34 Å². The topological polar surface area (TPSA) is 69.4 Å². The molecule has 2 aromatic rings. The van der Waals surface area contributed by atoms with Gasteiger partial charge in [0.15, 0.2) is 5.75 Å². The highest BCUT2D eigenvalue weighted by atomic mass is 35.5. The number of carbonyl (C=O) groups is 1. The summed E-state index contributed by atoms with van der Waals surface area (Å²) in [6.07, 6.45) is 0. The number of thiophene rings is 1. The third kappa shape index (κ3) is 2.74. The number of halogens is 1. The van der Waals surface area contributed by atoms with Gasteiger partial charge in [0.2, 0.25) is 5.78 Å². The fourth-order valence-corrected chi connectivity index (χ4v) is 2.56. The van der Waals surface area contributed by atoms with Gasteiger partial charge >= 0.3 is 5.69 Å². The molecule has 1 heterocycles. The lowest BCUT2D eigenvalue weighted by Crippen LogP contribution is -2.01. The molecule has 0 aliphatic rings. The van der Waals surface area contributed by atoms with Gasteiger partial charge < -0.3 is 4.74 Å². The summed E-state index contributed by atoms with van der Waals surface area (Å²) in [6, 6.07) is 7.29. The second kappa shape index (κ2) is 5.38. The molecule has 0 aliphatic heterocycles. The van der Waals surface area contributed by atoms with Crippen molar-refractivity contribution in [2.75, 3.05) is 7.11 Å². The number of methoxy groups -OCH3 is 1. The van der Waals surface area contributed by atoms with Gasteiger partial charge in [0.05, 0.1) is 21.2 Å². The number of benzene rings is 1. The van der Waals surface area contributed by atoms with E-state index >= 15 is 0 Å². The molecule has 1 aromatic carbocycles. The Hall–Kier alpha value is -1.92. The molecule has 0 saturated carbocycles. The zero-order chi connectivity index (χ0) is 14.0. The van der Waals surface area contributed by atoms with Crippen LogP contribution in [-0.2, 0) is 0 Å². The zero-order valence-electron chi connectivity index (χ0n) is 9.75. The first-order valence-electron chi connectivity index (χ1n) is 5.15. The number of nitro benzene ring substituents is 1. The highest BCUT2D eigenvalue weighted by Crippen LogP contribution is 2.30. The minimum atomic E-state index is -0.586. The molecule has 1 aromatic heterocycles. The molecule has 98 valence electrons. The van der Waals surface area contributed by atoms with Gasteiger partial charge in [0, 0.05) is 11.6 Å². The molecule has 7 heteroatoms. The number of carbonyl (C=O) groups excluding carboxylic acids is 1. The van der Waals surface area contributed by atoms with E-state index in [0.29, 0.717) is 9.21 Å². The van der Waals surface area contributed by atoms with Crippen LogP contribution >= 0.6 is 22.9 Å². The van der Waals surface area contributed by atoms with Crippen molar-refractivity contribution in [3.63, 3.8) is 0 Å². The number of hydrogen-bond acceptors (Lipinski definition) is 5. The second-order valence-electron chi connectivity index (χ2n) is 3.58. The van der Waals surface area contributed by atoms with E-state index in [2.05, 4.69) is 0 Å². The minimum absolute atomic E-state index is 0.116. The lowest BCUT2D eigenvalue weighted by Gasteiger charge is -2.03. The number of hydrogen-bond donors (Lipinski definition) is 0. The van der Waals surface area contributed by atoms with Gasteiger partial charge in [0.25, 0.3) is 0 Å². The van der Waals surface area contributed by atoms with Crippen molar-refractivity contribution < 1.29 is 14.5 Å². The SMILES string of the molecule is COc1ccc(C(=O)c2ccc(Cl)s2)cc1[N+](=O)[O-]. The first-order chi connectivity index (χ1) is 9.02. The molecule has 0 fully saturated rings. The van der Waals surface area contributed by atoms with Gasteiger partial charge in [-0.15, -0.1) is 11.3 Å². The Bertz CT molecular complexity index is 653. The molecule has 0 aliphatic carbocycles. The van der Waals surface area contributed by atoms with Crippen LogP contribution in [0.5, 0.6) is 5.75 Å². The summed E-state index contributed by atoms with van der Waals surface area (Å²) in [7, 11) is 1.34. The standard InChI is InChI=1S/C12H8ClNO4S/c1-18-9-3-2-7(6-8(9)14(16)17)12(15)10-4-5-11(13)19-10/h2-6H,1H3. The van der Waals surface area contributed by atoms with Crippen LogP contribution in [0.1, 0.15) is 15.2 Å². The molecular formula is C12H8ClNO4S. The number of ketones is 1. The van der Waals surface area contributed by atoms with Gasteiger partial charge in [-0.3, -0.25) is 14.9 Å². The van der Waals surface area contributed by atoms with Crippen LogP contribution in [0, 0.1) is 10.1 Å². The molecule has 5 nitrogen and oxygen atoms in total. The largest absolute Gasteiger partial charge is 0.490 e. The molecule has 0 radical (unpaired) electrons. The molecule has 2 rings (SSSR count). The average Bonchev–Trinajstić information content (AvgIpc) is 2.83. The van der Waals surface area contributed by atoms with Gasteiger partial charge in [0.1, 0.15) is 0 Å². The van der Waals surface area contributed by atoms with Crippen molar-refractivity contribution in [1.82, 2.24) is 0 Å². The van der Waals surface area contributed by atoms with Crippen molar-refractivity contribution in [3.05, 3.63) is 55.2 Å². The lowest BCUT2D eigenvalue weighted by atomic mass is 10.1. The molecule has 0 saturated heterocycles. The van der Waals surface area contributed by atoms with E-state index in [9.17, 15) is 14.9 Å². The van der Waals surface area contributed by atoms with Crippen molar-refractivity contribution >= 4 is 34.4 Å². The first kappa shape index (κ1) is 13.5. The summed E-state index contributed by atoms with van der Waals surface area (Å²) < 4.78 is 5.37.